The molecule has 1 rings (SSSR count). The van der Waals surface area contributed by atoms with E-state index in [9.17, 15) is 9.59 Å². The van der Waals surface area contributed by atoms with Crippen LogP contribution < -0.4 is 10.6 Å². The minimum atomic E-state index is -0.560. The van der Waals surface area contributed by atoms with Gasteiger partial charge in [0.1, 0.15) is 18.7 Å². The molecule has 7 nitrogen and oxygen atoms in total. The van der Waals surface area contributed by atoms with Crippen molar-refractivity contribution in [2.45, 2.75) is 19.9 Å². The fraction of sp³-hybridized carbons (Fsp3) is 0.500. The van der Waals surface area contributed by atoms with Crippen molar-refractivity contribution in [2.75, 3.05) is 6.54 Å². The van der Waals surface area contributed by atoms with Crippen LogP contribution in [0, 0.1) is 0 Å². The minimum Gasteiger partial charge on any atom is -0.338 e. The third kappa shape index (κ3) is 3.04. The van der Waals surface area contributed by atoms with Crippen molar-refractivity contribution in [1.82, 2.24) is 25.4 Å². The lowest BCUT2D eigenvalue weighted by atomic mass is 10.3. The molecule has 1 unspecified atom stereocenters. The maximum Gasteiger partial charge on any atom is 0.321 e. The van der Waals surface area contributed by atoms with Gasteiger partial charge in [0.15, 0.2) is 0 Å². The Bertz CT molecular complexity index is 335. The number of amides is 3. The SMILES string of the molecule is CCNC(=O)NC(=O)C(C)n1cncn1. The normalized spacial score (nSPS) is 11.9. The Labute approximate surface area is 86.9 Å². The number of hydrogen-bond acceptors (Lipinski definition) is 4. The molecule has 0 aliphatic carbocycles. The van der Waals surface area contributed by atoms with E-state index < -0.39 is 18.0 Å². The standard InChI is InChI=1S/C8H13N5O2/c1-3-10-8(15)12-7(14)6(2)13-5-9-4-11-13/h4-6H,3H2,1-2H3,(H2,10,12,14,15). The summed E-state index contributed by atoms with van der Waals surface area (Å²) in [7, 11) is 0. The van der Waals surface area contributed by atoms with Crippen LogP contribution in [0.1, 0.15) is 19.9 Å². The van der Waals surface area contributed by atoms with Crippen molar-refractivity contribution >= 4 is 11.9 Å². The molecule has 0 saturated carbocycles. The third-order valence-corrected chi connectivity index (χ3v) is 1.79. The Balaban J connectivity index is 2.51. The smallest absolute Gasteiger partial charge is 0.321 e. The van der Waals surface area contributed by atoms with Gasteiger partial charge in [-0.15, -0.1) is 0 Å². The molecular formula is C8H13N5O2. The zero-order valence-corrected chi connectivity index (χ0v) is 8.60. The molecule has 1 atom stereocenters. The molecule has 2 N–H and O–H groups in total. The lowest BCUT2D eigenvalue weighted by molar-refractivity contribution is -0.123. The van der Waals surface area contributed by atoms with E-state index in [1.807, 2.05) is 0 Å². The van der Waals surface area contributed by atoms with Crippen LogP contribution >= 0.6 is 0 Å². The van der Waals surface area contributed by atoms with Crippen LogP contribution in [0.3, 0.4) is 0 Å². The molecule has 0 saturated heterocycles. The molecule has 3 amide bonds. The number of hydrogen-bond donors (Lipinski definition) is 2. The molecule has 1 aromatic rings. The van der Waals surface area contributed by atoms with E-state index in [2.05, 4.69) is 20.7 Å². The molecule has 0 aromatic carbocycles. The average molecular weight is 211 g/mol. The van der Waals surface area contributed by atoms with Gasteiger partial charge in [-0.05, 0) is 13.8 Å². The van der Waals surface area contributed by atoms with Gasteiger partial charge in [-0.25, -0.2) is 14.5 Å². The van der Waals surface area contributed by atoms with Gasteiger partial charge in [-0.1, -0.05) is 0 Å². The second-order valence-electron chi connectivity index (χ2n) is 2.90. The number of carbonyl (C=O) groups is 2. The highest BCUT2D eigenvalue weighted by atomic mass is 16.2. The van der Waals surface area contributed by atoms with Crippen molar-refractivity contribution in [3.05, 3.63) is 12.7 Å². The van der Waals surface area contributed by atoms with Crippen LogP contribution in [0.25, 0.3) is 0 Å². The van der Waals surface area contributed by atoms with Crippen molar-refractivity contribution in [3.8, 4) is 0 Å². The summed E-state index contributed by atoms with van der Waals surface area (Å²) in [6, 6.07) is -1.07. The first-order chi connectivity index (χ1) is 7.15. The van der Waals surface area contributed by atoms with E-state index in [1.54, 1.807) is 13.8 Å². The van der Waals surface area contributed by atoms with Gasteiger partial charge in [0, 0.05) is 6.54 Å². The second kappa shape index (κ2) is 5.08. The van der Waals surface area contributed by atoms with Gasteiger partial charge < -0.3 is 5.32 Å². The summed E-state index contributed by atoms with van der Waals surface area (Å²) in [6.45, 7) is 3.87. The Kier molecular flexibility index (Phi) is 3.78. The number of urea groups is 1. The molecule has 1 aromatic heterocycles. The molecule has 0 radical (unpaired) electrons. The Hall–Kier alpha value is -1.92. The summed E-state index contributed by atoms with van der Waals surface area (Å²) in [5, 5.41) is 8.46. The third-order valence-electron chi connectivity index (χ3n) is 1.79. The number of imide groups is 1. The van der Waals surface area contributed by atoms with Gasteiger partial charge in [-0.3, -0.25) is 10.1 Å². The summed E-state index contributed by atoms with van der Waals surface area (Å²) in [6.07, 6.45) is 2.75. The molecule has 0 fully saturated rings. The number of nitrogens with one attached hydrogen (secondary N) is 2. The molecule has 7 heteroatoms. The van der Waals surface area contributed by atoms with Crippen LogP contribution in [0.2, 0.25) is 0 Å². The van der Waals surface area contributed by atoms with Crippen LogP contribution in [0.5, 0.6) is 0 Å². The van der Waals surface area contributed by atoms with Crippen molar-refractivity contribution in [1.29, 1.82) is 0 Å². The van der Waals surface area contributed by atoms with E-state index in [4.69, 9.17) is 0 Å². The molecular weight excluding hydrogens is 198 g/mol. The van der Waals surface area contributed by atoms with E-state index in [1.165, 1.54) is 17.3 Å². The predicted octanol–water partition coefficient (Wildman–Crippen LogP) is -0.315. The summed E-state index contributed by atoms with van der Waals surface area (Å²) in [5.41, 5.74) is 0. The molecule has 0 aliphatic heterocycles. The van der Waals surface area contributed by atoms with Crippen LogP contribution in [-0.2, 0) is 4.79 Å². The van der Waals surface area contributed by atoms with E-state index >= 15 is 0 Å². The molecule has 0 aliphatic rings. The van der Waals surface area contributed by atoms with Crippen LogP contribution in [0.15, 0.2) is 12.7 Å². The molecule has 15 heavy (non-hydrogen) atoms. The average Bonchev–Trinajstić information content (AvgIpc) is 2.69. The van der Waals surface area contributed by atoms with Crippen LogP contribution in [-0.4, -0.2) is 33.2 Å². The van der Waals surface area contributed by atoms with Gasteiger partial charge in [-0.2, -0.15) is 5.10 Å². The number of nitrogens with zero attached hydrogens (tertiary/aromatic N) is 3. The first kappa shape index (κ1) is 11.2. The Morgan fingerprint density at radius 3 is 2.80 bits per heavy atom. The number of carbonyl (C=O) groups excluding carboxylic acids is 2. The van der Waals surface area contributed by atoms with Crippen molar-refractivity contribution < 1.29 is 9.59 Å². The summed E-state index contributed by atoms with van der Waals surface area (Å²) in [5.74, 6) is -0.425. The summed E-state index contributed by atoms with van der Waals surface area (Å²) >= 11 is 0. The largest absolute Gasteiger partial charge is 0.338 e. The van der Waals surface area contributed by atoms with Crippen LogP contribution in [0.4, 0.5) is 4.79 Å². The zero-order chi connectivity index (χ0) is 11.3. The highest BCUT2D eigenvalue weighted by molar-refractivity contribution is 5.95. The maximum atomic E-state index is 11.5. The summed E-state index contributed by atoms with van der Waals surface area (Å²) in [4.78, 5) is 26.2. The molecule has 1 heterocycles. The number of aromatic nitrogens is 3. The first-order valence-corrected chi connectivity index (χ1v) is 4.58. The predicted molar refractivity (Wildman–Crippen MR) is 51.9 cm³/mol. The Morgan fingerprint density at radius 2 is 2.27 bits per heavy atom. The highest BCUT2D eigenvalue weighted by Gasteiger charge is 2.17. The van der Waals surface area contributed by atoms with E-state index in [0.29, 0.717) is 6.54 Å². The minimum absolute atomic E-state index is 0.425. The summed E-state index contributed by atoms with van der Waals surface area (Å²) < 4.78 is 1.37. The first-order valence-electron chi connectivity index (χ1n) is 4.58. The van der Waals surface area contributed by atoms with Gasteiger partial charge in [0.2, 0.25) is 0 Å². The zero-order valence-electron chi connectivity index (χ0n) is 8.60. The fourth-order valence-electron chi connectivity index (χ4n) is 0.959. The Morgan fingerprint density at radius 1 is 1.53 bits per heavy atom. The van der Waals surface area contributed by atoms with Crippen molar-refractivity contribution in [3.63, 3.8) is 0 Å². The van der Waals surface area contributed by atoms with E-state index in [-0.39, 0.29) is 0 Å². The van der Waals surface area contributed by atoms with Crippen molar-refractivity contribution in [2.24, 2.45) is 0 Å². The second-order valence-corrected chi connectivity index (χ2v) is 2.90. The monoisotopic (exact) mass is 211 g/mol. The highest BCUT2D eigenvalue weighted by Crippen LogP contribution is 2.00. The molecule has 0 spiro atoms. The lowest BCUT2D eigenvalue weighted by Crippen LogP contribution is -2.42. The molecule has 82 valence electrons. The van der Waals surface area contributed by atoms with E-state index in [0.717, 1.165) is 0 Å². The quantitative estimate of drug-likeness (QED) is 0.717. The van der Waals surface area contributed by atoms with Gasteiger partial charge in [0.25, 0.3) is 5.91 Å². The van der Waals surface area contributed by atoms with Gasteiger partial charge in [0.05, 0.1) is 0 Å². The topological polar surface area (TPSA) is 88.9 Å². The fourth-order valence-corrected chi connectivity index (χ4v) is 0.959. The lowest BCUT2D eigenvalue weighted by Gasteiger charge is -2.10. The van der Waals surface area contributed by atoms with Gasteiger partial charge >= 0.3 is 6.03 Å². The number of rotatable bonds is 3. The molecule has 0 bridgehead atoms. The maximum absolute atomic E-state index is 11.5.